The molecule has 2 aromatic rings. The van der Waals surface area contributed by atoms with Gasteiger partial charge in [0, 0.05) is 32.0 Å². The van der Waals surface area contributed by atoms with Gasteiger partial charge < -0.3 is 4.74 Å². The summed E-state index contributed by atoms with van der Waals surface area (Å²) in [5, 5.41) is 4.18. The van der Waals surface area contributed by atoms with Crippen molar-refractivity contribution in [2.24, 2.45) is 0 Å². The lowest BCUT2D eigenvalue weighted by Gasteiger charge is -2.34. The molecule has 0 saturated carbocycles. The van der Waals surface area contributed by atoms with Gasteiger partial charge in [-0.15, -0.1) is 0 Å². The van der Waals surface area contributed by atoms with Gasteiger partial charge in [0.05, 0.1) is 17.9 Å². The van der Waals surface area contributed by atoms with E-state index < -0.39 is 10.2 Å². The lowest BCUT2D eigenvalue weighted by molar-refractivity contribution is -0.0443. The normalized spacial score (nSPS) is 22.2. The van der Waals surface area contributed by atoms with E-state index in [-0.39, 0.29) is 12.2 Å². The average molecular weight is 364 g/mol. The zero-order chi connectivity index (χ0) is 17.9. The highest BCUT2D eigenvalue weighted by molar-refractivity contribution is 7.87. The van der Waals surface area contributed by atoms with Crippen LogP contribution in [0.2, 0.25) is 0 Å². The molecule has 0 unspecified atom stereocenters. The van der Waals surface area contributed by atoms with Crippen LogP contribution >= 0.6 is 0 Å². The van der Waals surface area contributed by atoms with Crippen LogP contribution in [0, 0.1) is 0 Å². The molecular weight excluding hydrogens is 340 g/mol. The van der Waals surface area contributed by atoms with Crippen LogP contribution in [-0.2, 0) is 21.4 Å². The third kappa shape index (κ3) is 4.66. The van der Waals surface area contributed by atoms with Crippen molar-refractivity contribution in [3.8, 4) is 5.69 Å². The Balaban J connectivity index is 1.53. The second-order valence-corrected chi connectivity index (χ2v) is 8.10. The third-order valence-corrected chi connectivity index (χ3v) is 5.68. The largest absolute Gasteiger partial charge is 0.373 e. The lowest BCUT2D eigenvalue weighted by Crippen LogP contribution is -2.52. The van der Waals surface area contributed by atoms with Gasteiger partial charge in [-0.2, -0.15) is 17.8 Å². The van der Waals surface area contributed by atoms with Gasteiger partial charge in [-0.3, -0.25) is 0 Å². The maximum Gasteiger partial charge on any atom is 0.279 e. The average Bonchev–Trinajstić information content (AvgIpc) is 3.09. The molecule has 2 atom stereocenters. The molecule has 1 aromatic carbocycles. The van der Waals surface area contributed by atoms with Crippen molar-refractivity contribution >= 4 is 10.2 Å². The fraction of sp³-hybridized carbons (Fsp3) is 0.471. The van der Waals surface area contributed by atoms with Gasteiger partial charge in [-0.05, 0) is 44.0 Å². The van der Waals surface area contributed by atoms with Crippen molar-refractivity contribution < 1.29 is 13.2 Å². The maximum absolute atomic E-state index is 12.4. The molecule has 1 aliphatic rings. The van der Waals surface area contributed by atoms with Crippen molar-refractivity contribution in [2.45, 2.75) is 32.5 Å². The molecule has 0 spiro atoms. The SMILES string of the molecule is C[C@@H]1CN(S(=O)(=O)NCCc2ccc(-n3cccn3)cc2)C[C@H](C)O1. The van der Waals surface area contributed by atoms with Crippen molar-refractivity contribution in [3.63, 3.8) is 0 Å². The molecule has 1 fully saturated rings. The molecule has 1 aromatic heterocycles. The Hall–Kier alpha value is -1.74. The number of benzene rings is 1. The smallest absolute Gasteiger partial charge is 0.279 e. The van der Waals surface area contributed by atoms with Gasteiger partial charge in [-0.1, -0.05) is 12.1 Å². The molecule has 1 N–H and O–H groups in total. The summed E-state index contributed by atoms with van der Waals surface area (Å²) in [5.74, 6) is 0. The highest BCUT2D eigenvalue weighted by Gasteiger charge is 2.30. The second-order valence-electron chi connectivity index (χ2n) is 6.34. The van der Waals surface area contributed by atoms with E-state index in [1.807, 2.05) is 50.4 Å². The topological polar surface area (TPSA) is 76.5 Å². The molecule has 8 heteroatoms. The molecule has 0 radical (unpaired) electrons. The monoisotopic (exact) mass is 364 g/mol. The summed E-state index contributed by atoms with van der Waals surface area (Å²) in [4.78, 5) is 0. The fourth-order valence-electron chi connectivity index (χ4n) is 2.98. The van der Waals surface area contributed by atoms with Crippen LogP contribution in [0.4, 0.5) is 0 Å². The van der Waals surface area contributed by atoms with Crippen LogP contribution in [-0.4, -0.2) is 54.3 Å². The maximum atomic E-state index is 12.4. The molecule has 2 heterocycles. The van der Waals surface area contributed by atoms with Crippen LogP contribution in [0.3, 0.4) is 0 Å². The van der Waals surface area contributed by atoms with Crippen molar-refractivity contribution in [1.82, 2.24) is 18.8 Å². The summed E-state index contributed by atoms with van der Waals surface area (Å²) >= 11 is 0. The minimum absolute atomic E-state index is 0.0878. The van der Waals surface area contributed by atoms with Crippen molar-refractivity contribution in [3.05, 3.63) is 48.3 Å². The van der Waals surface area contributed by atoms with E-state index in [0.29, 0.717) is 26.1 Å². The van der Waals surface area contributed by atoms with Crippen LogP contribution < -0.4 is 4.72 Å². The van der Waals surface area contributed by atoms with Crippen LogP contribution in [0.1, 0.15) is 19.4 Å². The predicted molar refractivity (Wildman–Crippen MR) is 95.8 cm³/mol. The molecule has 136 valence electrons. The van der Waals surface area contributed by atoms with Gasteiger partial charge in [0.2, 0.25) is 0 Å². The molecule has 0 amide bonds. The van der Waals surface area contributed by atoms with Crippen LogP contribution in [0.25, 0.3) is 5.69 Å². The minimum atomic E-state index is -3.47. The van der Waals surface area contributed by atoms with Crippen molar-refractivity contribution in [1.29, 1.82) is 0 Å². The lowest BCUT2D eigenvalue weighted by atomic mass is 10.1. The number of aromatic nitrogens is 2. The van der Waals surface area contributed by atoms with E-state index in [2.05, 4.69) is 9.82 Å². The highest BCUT2D eigenvalue weighted by atomic mass is 32.2. The van der Waals surface area contributed by atoms with Gasteiger partial charge >= 0.3 is 0 Å². The Morgan fingerprint density at radius 1 is 1.20 bits per heavy atom. The third-order valence-electron chi connectivity index (χ3n) is 4.13. The molecule has 1 saturated heterocycles. The number of nitrogens with one attached hydrogen (secondary N) is 1. The molecule has 1 aliphatic heterocycles. The number of rotatable bonds is 6. The Morgan fingerprint density at radius 2 is 1.88 bits per heavy atom. The van der Waals surface area contributed by atoms with E-state index in [9.17, 15) is 8.42 Å². The first-order valence-corrected chi connectivity index (χ1v) is 9.87. The first-order valence-electron chi connectivity index (χ1n) is 8.43. The van der Waals surface area contributed by atoms with Gasteiger partial charge in [0.1, 0.15) is 0 Å². The van der Waals surface area contributed by atoms with Gasteiger partial charge in [0.25, 0.3) is 10.2 Å². The summed E-state index contributed by atoms with van der Waals surface area (Å²) in [5.41, 5.74) is 2.05. The zero-order valence-electron chi connectivity index (χ0n) is 14.5. The molecule has 0 bridgehead atoms. The van der Waals surface area contributed by atoms with Gasteiger partial charge in [-0.25, -0.2) is 9.40 Å². The predicted octanol–water partition coefficient (Wildman–Crippen LogP) is 1.36. The van der Waals surface area contributed by atoms with E-state index in [1.165, 1.54) is 4.31 Å². The summed E-state index contributed by atoms with van der Waals surface area (Å²) in [6, 6.07) is 9.80. The standard InChI is InChI=1S/C17H24N4O3S/c1-14-12-20(13-15(2)24-14)25(22,23)19-10-8-16-4-6-17(7-5-16)21-11-3-9-18-21/h3-7,9,11,14-15,19H,8,10,12-13H2,1-2H3/t14-,15+. The summed E-state index contributed by atoms with van der Waals surface area (Å²) < 4.78 is 36.4. The molecule has 3 rings (SSSR count). The first-order chi connectivity index (χ1) is 11.9. The Morgan fingerprint density at radius 3 is 2.48 bits per heavy atom. The molecule has 25 heavy (non-hydrogen) atoms. The summed E-state index contributed by atoms with van der Waals surface area (Å²) in [6.07, 6.45) is 4.07. The summed E-state index contributed by atoms with van der Waals surface area (Å²) in [7, 11) is -3.47. The van der Waals surface area contributed by atoms with Crippen molar-refractivity contribution in [2.75, 3.05) is 19.6 Å². The molecular formula is C17H24N4O3S. The highest BCUT2D eigenvalue weighted by Crippen LogP contribution is 2.14. The molecule has 7 nitrogen and oxygen atoms in total. The Kier molecular flexibility index (Phi) is 5.53. The zero-order valence-corrected chi connectivity index (χ0v) is 15.3. The number of morpholine rings is 1. The van der Waals surface area contributed by atoms with E-state index >= 15 is 0 Å². The number of ether oxygens (including phenoxy) is 1. The fourth-order valence-corrected chi connectivity index (χ4v) is 4.33. The van der Waals surface area contributed by atoms with Gasteiger partial charge in [0.15, 0.2) is 0 Å². The number of nitrogens with zero attached hydrogens (tertiary/aromatic N) is 3. The minimum Gasteiger partial charge on any atom is -0.373 e. The quantitative estimate of drug-likeness (QED) is 0.840. The number of hydrogen-bond donors (Lipinski definition) is 1. The van der Waals surface area contributed by atoms with E-state index in [0.717, 1.165) is 11.3 Å². The van der Waals surface area contributed by atoms with Crippen LogP contribution in [0.15, 0.2) is 42.7 Å². The Labute approximate surface area is 148 Å². The van der Waals surface area contributed by atoms with E-state index in [1.54, 1.807) is 10.9 Å². The second kappa shape index (κ2) is 7.65. The Bertz CT molecular complexity index is 765. The molecule has 0 aliphatic carbocycles. The van der Waals surface area contributed by atoms with Crippen LogP contribution in [0.5, 0.6) is 0 Å². The number of hydrogen-bond acceptors (Lipinski definition) is 4. The first kappa shape index (κ1) is 18.1. The summed E-state index contributed by atoms with van der Waals surface area (Å²) in [6.45, 7) is 4.92. The van der Waals surface area contributed by atoms with E-state index in [4.69, 9.17) is 4.74 Å².